The number of benzene rings is 1. The van der Waals surface area contributed by atoms with Crippen molar-refractivity contribution in [1.29, 1.82) is 0 Å². The molecule has 0 radical (unpaired) electrons. The highest BCUT2D eigenvalue weighted by atomic mass is 16.2. The number of amides is 2. The monoisotopic (exact) mass is 261 g/mol. The molecular weight excluding hydrogens is 242 g/mol. The smallest absolute Gasteiger partial charge is 0.243 e. The molecule has 5 nitrogen and oxygen atoms in total. The zero-order valence-electron chi connectivity index (χ0n) is 11.2. The third-order valence-corrected chi connectivity index (χ3v) is 3.17. The summed E-state index contributed by atoms with van der Waals surface area (Å²) >= 11 is 0. The lowest BCUT2D eigenvalue weighted by atomic mass is 10.0. The molecule has 1 aromatic carbocycles. The highest BCUT2D eigenvalue weighted by Crippen LogP contribution is 2.23. The van der Waals surface area contributed by atoms with Crippen LogP contribution in [0, 0.1) is 0 Å². The number of piperazine rings is 1. The molecule has 0 aromatic heterocycles. The van der Waals surface area contributed by atoms with Crippen LogP contribution in [-0.2, 0) is 9.59 Å². The summed E-state index contributed by atoms with van der Waals surface area (Å²) in [6.07, 6.45) is 0. The van der Waals surface area contributed by atoms with Crippen LogP contribution >= 0.6 is 0 Å². The zero-order chi connectivity index (χ0) is 13.8. The van der Waals surface area contributed by atoms with Crippen LogP contribution in [0.1, 0.15) is 25.3 Å². The highest BCUT2D eigenvalue weighted by molar-refractivity contribution is 5.97. The Balaban J connectivity index is 2.05. The Bertz CT molecular complexity index is 475. The molecule has 1 unspecified atom stereocenters. The first-order chi connectivity index (χ1) is 9.08. The molecule has 0 spiro atoms. The van der Waals surface area contributed by atoms with Gasteiger partial charge in [-0.15, -0.1) is 0 Å². The van der Waals surface area contributed by atoms with Crippen molar-refractivity contribution in [2.24, 2.45) is 0 Å². The molecule has 1 aliphatic heterocycles. The zero-order valence-corrected chi connectivity index (χ0v) is 11.2. The average Bonchev–Trinajstić information content (AvgIpc) is 2.39. The fraction of sp³-hybridized carbons (Fsp3) is 0.429. The Kier molecular flexibility index (Phi) is 4.16. The maximum atomic E-state index is 12.1. The van der Waals surface area contributed by atoms with Gasteiger partial charge in [0.2, 0.25) is 11.8 Å². The summed E-state index contributed by atoms with van der Waals surface area (Å²) in [6, 6.07) is 7.39. The molecule has 1 heterocycles. The van der Waals surface area contributed by atoms with Gasteiger partial charge in [0.05, 0.1) is 6.54 Å². The maximum absolute atomic E-state index is 12.1. The first kappa shape index (κ1) is 13.5. The molecule has 1 fully saturated rings. The van der Waals surface area contributed by atoms with Crippen molar-refractivity contribution >= 4 is 17.5 Å². The summed E-state index contributed by atoms with van der Waals surface area (Å²) in [6.45, 7) is 4.69. The summed E-state index contributed by atoms with van der Waals surface area (Å²) < 4.78 is 0. The third-order valence-electron chi connectivity index (χ3n) is 3.17. The van der Waals surface area contributed by atoms with Crippen molar-refractivity contribution in [3.8, 4) is 0 Å². The molecule has 3 N–H and O–H groups in total. The number of anilines is 1. The Morgan fingerprint density at radius 1 is 1.37 bits per heavy atom. The molecule has 0 saturated carbocycles. The van der Waals surface area contributed by atoms with Crippen molar-refractivity contribution in [2.75, 3.05) is 18.4 Å². The first-order valence-electron chi connectivity index (χ1n) is 6.48. The van der Waals surface area contributed by atoms with Gasteiger partial charge in [-0.2, -0.15) is 0 Å². The van der Waals surface area contributed by atoms with Crippen LogP contribution in [-0.4, -0.2) is 30.9 Å². The third kappa shape index (κ3) is 3.32. The maximum Gasteiger partial charge on any atom is 0.243 e. The predicted octanol–water partition coefficient (Wildman–Crippen LogP) is 0.836. The van der Waals surface area contributed by atoms with Gasteiger partial charge in [-0.05, 0) is 17.5 Å². The summed E-state index contributed by atoms with van der Waals surface area (Å²) in [5, 5.41) is 8.51. The van der Waals surface area contributed by atoms with E-state index in [4.69, 9.17) is 0 Å². The van der Waals surface area contributed by atoms with Gasteiger partial charge < -0.3 is 10.6 Å². The minimum atomic E-state index is -0.377. The van der Waals surface area contributed by atoms with Gasteiger partial charge in [-0.1, -0.05) is 32.0 Å². The van der Waals surface area contributed by atoms with E-state index >= 15 is 0 Å². The van der Waals surface area contributed by atoms with Gasteiger partial charge in [0.15, 0.2) is 0 Å². The summed E-state index contributed by atoms with van der Waals surface area (Å²) in [7, 11) is 0. The molecule has 5 heteroatoms. The lowest BCUT2D eigenvalue weighted by molar-refractivity contribution is -0.124. The molecule has 1 aliphatic rings. The van der Waals surface area contributed by atoms with Gasteiger partial charge >= 0.3 is 0 Å². The van der Waals surface area contributed by atoms with Crippen molar-refractivity contribution < 1.29 is 9.59 Å². The number of carbonyl (C=O) groups excluding carboxylic acids is 2. The second-order valence-electron chi connectivity index (χ2n) is 4.97. The number of hydrogen-bond donors (Lipinski definition) is 3. The van der Waals surface area contributed by atoms with Gasteiger partial charge in [-0.3, -0.25) is 14.9 Å². The van der Waals surface area contributed by atoms with Crippen LogP contribution in [0.25, 0.3) is 0 Å². The molecule has 19 heavy (non-hydrogen) atoms. The lowest BCUT2D eigenvalue weighted by Crippen LogP contribution is -2.56. The predicted molar refractivity (Wildman–Crippen MR) is 74.0 cm³/mol. The minimum Gasteiger partial charge on any atom is -0.353 e. The molecule has 1 atom stereocenters. The second-order valence-corrected chi connectivity index (χ2v) is 4.97. The van der Waals surface area contributed by atoms with E-state index < -0.39 is 0 Å². The molecular formula is C14H19N3O2. The normalized spacial score (nSPS) is 19.1. The Morgan fingerprint density at radius 3 is 2.74 bits per heavy atom. The summed E-state index contributed by atoms with van der Waals surface area (Å²) in [5.41, 5.74) is 1.94. The van der Waals surface area contributed by atoms with E-state index in [2.05, 4.69) is 29.8 Å². The summed E-state index contributed by atoms with van der Waals surface area (Å²) in [4.78, 5) is 23.2. The van der Waals surface area contributed by atoms with Gasteiger partial charge in [0, 0.05) is 12.2 Å². The number of carbonyl (C=O) groups is 2. The van der Waals surface area contributed by atoms with Crippen LogP contribution in [0.3, 0.4) is 0 Å². The number of rotatable bonds is 3. The fourth-order valence-electron chi connectivity index (χ4n) is 2.09. The molecule has 0 bridgehead atoms. The van der Waals surface area contributed by atoms with Crippen molar-refractivity contribution in [3.63, 3.8) is 0 Å². The van der Waals surface area contributed by atoms with Crippen molar-refractivity contribution in [1.82, 2.24) is 10.6 Å². The van der Waals surface area contributed by atoms with Gasteiger partial charge in [0.25, 0.3) is 0 Å². The van der Waals surface area contributed by atoms with Gasteiger partial charge in [0.1, 0.15) is 6.04 Å². The van der Waals surface area contributed by atoms with E-state index in [0.717, 1.165) is 11.3 Å². The minimum absolute atomic E-state index is 0.0772. The molecule has 1 saturated heterocycles. The molecule has 1 aromatic rings. The summed E-state index contributed by atoms with van der Waals surface area (Å²) in [5.74, 6) is 0.148. The number of nitrogens with one attached hydrogen (secondary N) is 3. The quantitative estimate of drug-likeness (QED) is 0.755. The molecule has 2 rings (SSSR count). The largest absolute Gasteiger partial charge is 0.353 e. The van der Waals surface area contributed by atoms with Crippen molar-refractivity contribution in [2.45, 2.75) is 25.8 Å². The highest BCUT2D eigenvalue weighted by Gasteiger charge is 2.24. The van der Waals surface area contributed by atoms with E-state index in [1.165, 1.54) is 0 Å². The van der Waals surface area contributed by atoms with Crippen LogP contribution in [0.5, 0.6) is 0 Å². The molecule has 102 valence electrons. The van der Waals surface area contributed by atoms with E-state index in [-0.39, 0.29) is 24.4 Å². The van der Waals surface area contributed by atoms with Crippen molar-refractivity contribution in [3.05, 3.63) is 29.8 Å². The first-order valence-corrected chi connectivity index (χ1v) is 6.48. The van der Waals surface area contributed by atoms with E-state index in [1.54, 1.807) is 0 Å². The van der Waals surface area contributed by atoms with E-state index in [9.17, 15) is 9.59 Å². The Morgan fingerprint density at radius 2 is 2.11 bits per heavy atom. The van der Waals surface area contributed by atoms with Crippen LogP contribution < -0.4 is 16.0 Å². The topological polar surface area (TPSA) is 70.2 Å². The van der Waals surface area contributed by atoms with Gasteiger partial charge in [-0.25, -0.2) is 0 Å². The Hall–Kier alpha value is -1.88. The SMILES string of the molecule is CC(C)c1ccccc1NC(=O)C1CNC(=O)CN1. The van der Waals surface area contributed by atoms with Crippen LogP contribution in [0.2, 0.25) is 0 Å². The second kappa shape index (κ2) is 5.84. The van der Waals surface area contributed by atoms with Crippen LogP contribution in [0.4, 0.5) is 5.69 Å². The Labute approximate surface area is 112 Å². The fourth-order valence-corrected chi connectivity index (χ4v) is 2.09. The lowest BCUT2D eigenvalue weighted by Gasteiger charge is -2.24. The average molecular weight is 261 g/mol. The molecule has 0 aliphatic carbocycles. The van der Waals surface area contributed by atoms with E-state index in [1.807, 2.05) is 24.3 Å². The molecule has 2 amide bonds. The van der Waals surface area contributed by atoms with E-state index in [0.29, 0.717) is 12.5 Å². The standard InChI is InChI=1S/C14H19N3O2/c1-9(2)10-5-3-4-6-11(10)17-14(19)12-7-16-13(18)8-15-12/h3-6,9,12,15H,7-8H2,1-2H3,(H,16,18)(H,17,19). The number of hydrogen-bond acceptors (Lipinski definition) is 3. The van der Waals surface area contributed by atoms with Crippen LogP contribution in [0.15, 0.2) is 24.3 Å². The number of para-hydroxylation sites is 1.